The van der Waals surface area contributed by atoms with E-state index in [9.17, 15) is 0 Å². The van der Waals surface area contributed by atoms with Gasteiger partial charge in [-0.1, -0.05) is 13.8 Å². The molecular weight excluding hydrogens is 276 g/mol. The zero-order chi connectivity index (χ0) is 14.4. The summed E-state index contributed by atoms with van der Waals surface area (Å²) in [5.74, 6) is 1.76. The van der Waals surface area contributed by atoms with Crippen molar-refractivity contribution in [3.8, 4) is 0 Å². The summed E-state index contributed by atoms with van der Waals surface area (Å²) in [6.07, 6.45) is 11.9. The molecule has 0 aliphatic heterocycles. The van der Waals surface area contributed by atoms with Gasteiger partial charge >= 0.3 is 0 Å². The van der Waals surface area contributed by atoms with Gasteiger partial charge in [-0.15, -0.1) is 11.3 Å². The van der Waals surface area contributed by atoms with Gasteiger partial charge in [0.2, 0.25) is 0 Å². The van der Waals surface area contributed by atoms with E-state index in [1.165, 1.54) is 68.5 Å². The lowest BCUT2D eigenvalue weighted by Crippen LogP contribution is -2.46. The van der Waals surface area contributed by atoms with Crippen molar-refractivity contribution in [1.29, 1.82) is 0 Å². The van der Waals surface area contributed by atoms with E-state index >= 15 is 0 Å². The largest absolute Gasteiger partial charge is 0.303 e. The average Bonchev–Trinajstić information content (AvgIpc) is 2.99. The molecule has 0 unspecified atom stereocenters. The maximum absolute atomic E-state index is 5.09. The van der Waals surface area contributed by atoms with Crippen LogP contribution in [0.3, 0.4) is 0 Å². The third-order valence-corrected chi connectivity index (χ3v) is 7.25. The van der Waals surface area contributed by atoms with Crippen LogP contribution in [0.4, 0.5) is 0 Å². The predicted octanol–water partition coefficient (Wildman–Crippen LogP) is 4.43. The molecule has 1 N–H and O–H groups in total. The van der Waals surface area contributed by atoms with Gasteiger partial charge in [0.15, 0.2) is 0 Å². The maximum Gasteiger partial charge on any atom is 0.113 e. The second-order valence-corrected chi connectivity index (χ2v) is 8.91. The van der Waals surface area contributed by atoms with Crippen LogP contribution in [0.2, 0.25) is 0 Å². The summed E-state index contributed by atoms with van der Waals surface area (Å²) in [7, 11) is 0. The highest BCUT2D eigenvalue weighted by molar-refractivity contribution is 7.12. The van der Waals surface area contributed by atoms with Crippen molar-refractivity contribution >= 4 is 11.3 Å². The third kappa shape index (κ3) is 2.68. The molecule has 2 saturated carbocycles. The molecule has 4 rings (SSSR count). The molecule has 0 amide bonds. The molecule has 1 heterocycles. The topological polar surface area (TPSA) is 24.9 Å². The highest BCUT2D eigenvalue weighted by Gasteiger charge is 2.43. The lowest BCUT2D eigenvalue weighted by molar-refractivity contribution is 0.158. The van der Waals surface area contributed by atoms with Crippen LogP contribution < -0.4 is 5.32 Å². The molecule has 116 valence electrons. The van der Waals surface area contributed by atoms with Crippen molar-refractivity contribution in [1.82, 2.24) is 10.3 Å². The average molecular weight is 305 g/mol. The zero-order valence-electron chi connectivity index (χ0n) is 13.5. The molecule has 21 heavy (non-hydrogen) atoms. The zero-order valence-corrected chi connectivity index (χ0v) is 14.3. The molecular formula is C18H28N2S. The van der Waals surface area contributed by atoms with Crippen LogP contribution >= 0.6 is 11.3 Å². The molecule has 0 saturated heterocycles. The minimum absolute atomic E-state index is 0.224. The Morgan fingerprint density at radius 2 is 1.90 bits per heavy atom. The first kappa shape index (κ1) is 14.2. The van der Waals surface area contributed by atoms with Crippen molar-refractivity contribution in [2.45, 2.75) is 83.2 Å². The fraction of sp³-hybridized carbons (Fsp3) is 0.833. The van der Waals surface area contributed by atoms with E-state index in [-0.39, 0.29) is 5.54 Å². The third-order valence-electron chi connectivity index (χ3n) is 5.89. The molecule has 3 aliphatic carbocycles. The van der Waals surface area contributed by atoms with Gasteiger partial charge in [-0.25, -0.2) is 4.98 Å². The first-order valence-corrected chi connectivity index (χ1v) is 9.75. The second-order valence-electron chi connectivity index (χ2n) is 7.82. The minimum atomic E-state index is 0.224. The van der Waals surface area contributed by atoms with Crippen LogP contribution in [0.25, 0.3) is 0 Å². The molecule has 1 aromatic rings. The summed E-state index contributed by atoms with van der Waals surface area (Å²) >= 11 is 2.03. The van der Waals surface area contributed by atoms with Crippen LogP contribution in [0, 0.1) is 11.8 Å². The summed E-state index contributed by atoms with van der Waals surface area (Å²) < 4.78 is 0. The normalized spacial score (nSPS) is 32.6. The van der Waals surface area contributed by atoms with Crippen LogP contribution in [0.15, 0.2) is 0 Å². The molecule has 3 aliphatic rings. The van der Waals surface area contributed by atoms with E-state index in [1.54, 1.807) is 4.88 Å². The van der Waals surface area contributed by atoms with Crippen molar-refractivity contribution in [2.24, 2.45) is 11.8 Å². The number of rotatable bonds is 4. The van der Waals surface area contributed by atoms with Gasteiger partial charge in [-0.05, 0) is 69.6 Å². The van der Waals surface area contributed by atoms with E-state index < -0.39 is 0 Å². The summed E-state index contributed by atoms with van der Waals surface area (Å²) in [6, 6.07) is 0.777. The van der Waals surface area contributed by atoms with Crippen LogP contribution in [0.5, 0.6) is 0 Å². The number of nitrogens with one attached hydrogen (secondary N) is 1. The van der Waals surface area contributed by atoms with E-state index in [0.717, 1.165) is 17.9 Å². The molecule has 1 aromatic heterocycles. The summed E-state index contributed by atoms with van der Waals surface area (Å²) in [6.45, 7) is 4.79. The fourth-order valence-electron chi connectivity index (χ4n) is 4.23. The van der Waals surface area contributed by atoms with Gasteiger partial charge in [0, 0.05) is 10.9 Å². The van der Waals surface area contributed by atoms with Gasteiger partial charge in [0.1, 0.15) is 5.01 Å². The van der Waals surface area contributed by atoms with Crippen molar-refractivity contribution in [3.63, 3.8) is 0 Å². The Labute approximate surface area is 132 Å². The molecule has 2 nitrogen and oxygen atoms in total. The fourth-order valence-corrected chi connectivity index (χ4v) is 5.59. The Morgan fingerprint density at radius 3 is 2.52 bits per heavy atom. The van der Waals surface area contributed by atoms with Gasteiger partial charge in [0.25, 0.3) is 0 Å². The van der Waals surface area contributed by atoms with E-state index in [0.29, 0.717) is 0 Å². The maximum atomic E-state index is 5.09. The van der Waals surface area contributed by atoms with Crippen molar-refractivity contribution < 1.29 is 0 Å². The highest BCUT2D eigenvalue weighted by atomic mass is 32.1. The summed E-state index contributed by atoms with van der Waals surface area (Å²) in [4.78, 5) is 6.68. The van der Waals surface area contributed by atoms with Gasteiger partial charge in [-0.2, -0.15) is 0 Å². The van der Waals surface area contributed by atoms with Crippen LogP contribution in [-0.4, -0.2) is 11.0 Å². The summed E-state index contributed by atoms with van der Waals surface area (Å²) in [5.41, 5.74) is 1.65. The lowest BCUT2D eigenvalue weighted by atomic mass is 9.73. The van der Waals surface area contributed by atoms with E-state index in [2.05, 4.69) is 19.2 Å². The standard InChI is InChI=1S/C18H28N2S/c1-12(2)13-8-10-18(11-9-13,20-14-6-7-14)17-19-15-4-3-5-16(15)21-17/h12-14,20H,3-11H2,1-2H3. The SMILES string of the molecule is CC(C)C1CCC(NC2CC2)(c2nc3c(s2)CCC3)CC1. The number of hydrogen-bond donors (Lipinski definition) is 1. The Morgan fingerprint density at radius 1 is 1.14 bits per heavy atom. The molecule has 0 aromatic carbocycles. The Bertz CT molecular complexity index is 486. The first-order valence-electron chi connectivity index (χ1n) is 8.93. The molecule has 0 atom stereocenters. The summed E-state index contributed by atoms with van der Waals surface area (Å²) in [5, 5.41) is 5.45. The second kappa shape index (κ2) is 5.34. The van der Waals surface area contributed by atoms with Crippen molar-refractivity contribution in [3.05, 3.63) is 15.6 Å². The molecule has 0 bridgehead atoms. The van der Waals surface area contributed by atoms with E-state index in [4.69, 9.17) is 4.98 Å². The predicted molar refractivity (Wildman–Crippen MR) is 88.8 cm³/mol. The monoisotopic (exact) mass is 304 g/mol. The number of aryl methyl sites for hydroxylation is 2. The van der Waals surface area contributed by atoms with Gasteiger partial charge < -0.3 is 5.32 Å². The van der Waals surface area contributed by atoms with Crippen molar-refractivity contribution in [2.75, 3.05) is 0 Å². The molecule has 0 radical (unpaired) electrons. The van der Waals surface area contributed by atoms with E-state index in [1.807, 2.05) is 11.3 Å². The number of nitrogens with zero attached hydrogens (tertiary/aromatic N) is 1. The Kier molecular flexibility index (Phi) is 3.61. The Hall–Kier alpha value is -0.410. The first-order chi connectivity index (χ1) is 10.2. The smallest absolute Gasteiger partial charge is 0.113 e. The molecule has 0 spiro atoms. The van der Waals surface area contributed by atoms with Gasteiger partial charge in [-0.3, -0.25) is 0 Å². The number of fused-ring (bicyclic) bond motifs is 1. The lowest BCUT2D eigenvalue weighted by Gasteiger charge is -2.41. The quantitative estimate of drug-likeness (QED) is 0.890. The van der Waals surface area contributed by atoms with Crippen LogP contribution in [-0.2, 0) is 18.4 Å². The van der Waals surface area contributed by atoms with Crippen LogP contribution in [0.1, 0.15) is 74.4 Å². The number of thiazole rings is 1. The van der Waals surface area contributed by atoms with Gasteiger partial charge in [0.05, 0.1) is 11.2 Å². The highest BCUT2D eigenvalue weighted by Crippen LogP contribution is 2.46. The molecule has 2 fully saturated rings. The molecule has 3 heteroatoms. The minimum Gasteiger partial charge on any atom is -0.303 e. The number of hydrogen-bond acceptors (Lipinski definition) is 3. The Balaban J connectivity index is 1.58. The number of aromatic nitrogens is 1.